The van der Waals surface area contributed by atoms with Gasteiger partial charge < -0.3 is 9.73 Å². The fraction of sp³-hybridized carbons (Fsp3) is 0.714. The number of hydrogen-bond acceptors (Lipinski definition) is 4. The molecule has 1 aliphatic carbocycles. The fourth-order valence-electron chi connectivity index (χ4n) is 2.33. The first kappa shape index (κ1) is 15.5. The van der Waals surface area contributed by atoms with Gasteiger partial charge in [-0.05, 0) is 37.4 Å². The van der Waals surface area contributed by atoms with Crippen LogP contribution in [-0.2, 0) is 16.6 Å². The summed E-state index contributed by atoms with van der Waals surface area (Å²) in [5.41, 5.74) is 0. The highest BCUT2D eigenvalue weighted by molar-refractivity contribution is 7.89. The smallest absolute Gasteiger partial charge is 0.276 e. The molecule has 0 aromatic carbocycles. The van der Waals surface area contributed by atoms with Crippen LogP contribution in [0.15, 0.2) is 21.6 Å². The summed E-state index contributed by atoms with van der Waals surface area (Å²) >= 11 is 0. The topological polar surface area (TPSA) is 62.6 Å². The van der Waals surface area contributed by atoms with Crippen molar-refractivity contribution in [3.05, 3.63) is 17.9 Å². The second-order valence-electron chi connectivity index (χ2n) is 5.25. The molecule has 1 aromatic heterocycles. The highest BCUT2D eigenvalue weighted by atomic mass is 32.2. The molecule has 0 bridgehead atoms. The standard InChI is InChI=1S/C14H24N2O3S/c1-3-15-10-13-8-9-14(19-13)20(17,18)16(4-2)11-12-6-5-7-12/h8-9,12,15H,3-7,10-11H2,1-2H3. The van der Waals surface area contributed by atoms with Crippen molar-refractivity contribution in [2.75, 3.05) is 19.6 Å². The monoisotopic (exact) mass is 300 g/mol. The third kappa shape index (κ3) is 3.42. The molecule has 0 unspecified atom stereocenters. The van der Waals surface area contributed by atoms with E-state index in [0.29, 0.717) is 31.3 Å². The molecule has 0 amide bonds. The number of rotatable bonds is 8. The van der Waals surface area contributed by atoms with E-state index < -0.39 is 10.0 Å². The van der Waals surface area contributed by atoms with Gasteiger partial charge in [0.15, 0.2) is 0 Å². The van der Waals surface area contributed by atoms with Crippen LogP contribution in [0.4, 0.5) is 0 Å². The minimum atomic E-state index is -3.49. The van der Waals surface area contributed by atoms with Crippen LogP contribution in [0, 0.1) is 5.92 Å². The molecule has 0 spiro atoms. The van der Waals surface area contributed by atoms with Crippen molar-refractivity contribution in [3.63, 3.8) is 0 Å². The van der Waals surface area contributed by atoms with Gasteiger partial charge in [0, 0.05) is 13.1 Å². The lowest BCUT2D eigenvalue weighted by atomic mass is 9.85. The Morgan fingerprint density at radius 2 is 2.10 bits per heavy atom. The van der Waals surface area contributed by atoms with Crippen molar-refractivity contribution in [2.45, 2.75) is 44.7 Å². The van der Waals surface area contributed by atoms with E-state index >= 15 is 0 Å². The average Bonchev–Trinajstić information content (AvgIpc) is 2.84. The maximum Gasteiger partial charge on any atom is 0.276 e. The Morgan fingerprint density at radius 3 is 2.65 bits per heavy atom. The van der Waals surface area contributed by atoms with Gasteiger partial charge in [0.05, 0.1) is 6.54 Å². The number of hydrogen-bond donors (Lipinski definition) is 1. The van der Waals surface area contributed by atoms with Gasteiger partial charge in [0.1, 0.15) is 5.76 Å². The van der Waals surface area contributed by atoms with Crippen molar-refractivity contribution in [1.82, 2.24) is 9.62 Å². The van der Waals surface area contributed by atoms with Crippen molar-refractivity contribution in [1.29, 1.82) is 0 Å². The molecule has 2 rings (SSSR count). The molecule has 6 heteroatoms. The molecule has 0 aliphatic heterocycles. The fourth-order valence-corrected chi connectivity index (χ4v) is 3.78. The molecule has 0 radical (unpaired) electrons. The molecule has 1 N–H and O–H groups in total. The minimum Gasteiger partial charge on any atom is -0.447 e. The van der Waals surface area contributed by atoms with Gasteiger partial charge in [-0.3, -0.25) is 0 Å². The summed E-state index contributed by atoms with van der Waals surface area (Å²) in [6.07, 6.45) is 3.49. The first-order valence-electron chi connectivity index (χ1n) is 7.37. The summed E-state index contributed by atoms with van der Waals surface area (Å²) < 4.78 is 32.1. The Balaban J connectivity index is 2.08. The van der Waals surface area contributed by atoms with Gasteiger partial charge in [-0.25, -0.2) is 8.42 Å². The van der Waals surface area contributed by atoms with E-state index in [9.17, 15) is 8.42 Å². The summed E-state index contributed by atoms with van der Waals surface area (Å²) in [4.78, 5) is 0. The number of sulfonamides is 1. The summed E-state index contributed by atoms with van der Waals surface area (Å²) in [7, 11) is -3.49. The van der Waals surface area contributed by atoms with Crippen LogP contribution in [0.3, 0.4) is 0 Å². The zero-order valence-corrected chi connectivity index (χ0v) is 13.1. The highest BCUT2D eigenvalue weighted by Crippen LogP contribution is 2.29. The van der Waals surface area contributed by atoms with Crippen molar-refractivity contribution >= 4 is 10.0 Å². The van der Waals surface area contributed by atoms with E-state index in [0.717, 1.165) is 19.4 Å². The quantitative estimate of drug-likeness (QED) is 0.799. The molecule has 5 nitrogen and oxygen atoms in total. The molecule has 1 heterocycles. The van der Waals surface area contributed by atoms with Crippen LogP contribution in [-0.4, -0.2) is 32.4 Å². The van der Waals surface area contributed by atoms with Gasteiger partial charge in [-0.1, -0.05) is 20.3 Å². The number of furan rings is 1. The molecular formula is C14H24N2O3S. The van der Waals surface area contributed by atoms with Gasteiger partial charge >= 0.3 is 0 Å². The number of nitrogens with zero attached hydrogens (tertiary/aromatic N) is 1. The number of nitrogens with one attached hydrogen (secondary N) is 1. The molecule has 114 valence electrons. The lowest BCUT2D eigenvalue weighted by Crippen LogP contribution is -2.37. The van der Waals surface area contributed by atoms with Crippen LogP contribution in [0.25, 0.3) is 0 Å². The van der Waals surface area contributed by atoms with Gasteiger partial charge in [-0.2, -0.15) is 4.31 Å². The summed E-state index contributed by atoms with van der Waals surface area (Å²) in [6.45, 7) is 6.35. The lowest BCUT2D eigenvalue weighted by Gasteiger charge is -2.30. The van der Waals surface area contributed by atoms with Crippen LogP contribution in [0.1, 0.15) is 38.9 Å². The lowest BCUT2D eigenvalue weighted by molar-refractivity contribution is 0.246. The Labute approximate surface area is 121 Å². The summed E-state index contributed by atoms with van der Waals surface area (Å²) in [6, 6.07) is 3.29. The summed E-state index contributed by atoms with van der Waals surface area (Å²) in [5.74, 6) is 1.17. The van der Waals surface area contributed by atoms with Gasteiger partial charge in [0.25, 0.3) is 10.0 Å². The van der Waals surface area contributed by atoms with Crippen molar-refractivity contribution in [2.24, 2.45) is 5.92 Å². The Kier molecular flexibility index (Phi) is 5.23. The summed E-state index contributed by atoms with van der Waals surface area (Å²) in [5, 5.41) is 3.18. The van der Waals surface area contributed by atoms with Crippen LogP contribution >= 0.6 is 0 Å². The van der Waals surface area contributed by atoms with E-state index in [1.54, 1.807) is 12.1 Å². The molecule has 0 atom stereocenters. The van der Waals surface area contributed by atoms with Crippen molar-refractivity contribution in [3.8, 4) is 0 Å². The zero-order valence-electron chi connectivity index (χ0n) is 12.3. The van der Waals surface area contributed by atoms with E-state index in [4.69, 9.17) is 4.42 Å². The van der Waals surface area contributed by atoms with Gasteiger partial charge in [-0.15, -0.1) is 0 Å². The average molecular weight is 300 g/mol. The van der Waals surface area contributed by atoms with Crippen LogP contribution in [0.2, 0.25) is 0 Å². The molecule has 1 aliphatic rings. The normalized spacial score (nSPS) is 16.6. The zero-order chi connectivity index (χ0) is 14.6. The third-order valence-electron chi connectivity index (χ3n) is 3.82. The molecule has 0 saturated heterocycles. The third-order valence-corrected chi connectivity index (χ3v) is 5.63. The molecule has 1 fully saturated rings. The van der Waals surface area contributed by atoms with E-state index in [1.807, 2.05) is 13.8 Å². The van der Waals surface area contributed by atoms with E-state index in [2.05, 4.69) is 5.32 Å². The minimum absolute atomic E-state index is 0.0616. The second kappa shape index (κ2) is 6.74. The highest BCUT2D eigenvalue weighted by Gasteiger charge is 2.30. The van der Waals surface area contributed by atoms with Crippen LogP contribution < -0.4 is 5.32 Å². The van der Waals surface area contributed by atoms with Crippen LogP contribution in [0.5, 0.6) is 0 Å². The molecule has 1 saturated carbocycles. The SMILES string of the molecule is CCNCc1ccc(S(=O)(=O)N(CC)CC2CCC2)o1. The van der Waals surface area contributed by atoms with E-state index in [-0.39, 0.29) is 5.09 Å². The molecule has 1 aromatic rings. The predicted octanol–water partition coefficient (Wildman–Crippen LogP) is 2.20. The largest absolute Gasteiger partial charge is 0.447 e. The first-order valence-corrected chi connectivity index (χ1v) is 8.81. The maximum absolute atomic E-state index is 12.5. The molecular weight excluding hydrogens is 276 g/mol. The van der Waals surface area contributed by atoms with Gasteiger partial charge in [0.2, 0.25) is 5.09 Å². The van der Waals surface area contributed by atoms with Crippen molar-refractivity contribution < 1.29 is 12.8 Å². The maximum atomic E-state index is 12.5. The van der Waals surface area contributed by atoms with E-state index in [1.165, 1.54) is 10.7 Å². The second-order valence-corrected chi connectivity index (χ2v) is 7.12. The Bertz CT molecular complexity index is 520. The predicted molar refractivity (Wildman–Crippen MR) is 77.9 cm³/mol. The Hall–Kier alpha value is -0.850. The Morgan fingerprint density at radius 1 is 1.35 bits per heavy atom. The first-order chi connectivity index (χ1) is 9.57. The molecule has 20 heavy (non-hydrogen) atoms.